The minimum atomic E-state index is -0.544. The molecule has 3 heterocycles. The molecule has 3 spiro atoms. The van der Waals surface area contributed by atoms with Gasteiger partial charge in [-0.2, -0.15) is 0 Å². The molecule has 4 heteroatoms. The zero-order valence-electron chi connectivity index (χ0n) is 42.7. The van der Waals surface area contributed by atoms with Crippen LogP contribution in [0.2, 0.25) is 0 Å². The van der Waals surface area contributed by atoms with Crippen LogP contribution in [0.3, 0.4) is 0 Å². The van der Waals surface area contributed by atoms with Crippen LogP contribution < -0.4 is 4.90 Å². The number of rotatable bonds is 3. The standard InChI is InChI=1S/C75H45NS3/c1-4-24-51-47(21-1)50-45-46(43-44-54(50)73(51)55-27-7-13-37-65(55)77-66-38-14-8-28-56(66)73)76(63-35-19-33-61-71(63)48-22-2-5-25-52(48)74(61)57-29-9-15-39-67(57)78-68-40-16-10-30-58(68)74)64-36-20-34-62-72(64)49-23-3-6-26-53(49)75(62)59-31-11-17-41-69(59)79-70-42-18-12-32-60(70)75/h1-45H. The summed E-state index contributed by atoms with van der Waals surface area (Å²) in [5.41, 5.74) is 25.4. The molecule has 79 heavy (non-hydrogen) atoms. The van der Waals surface area contributed by atoms with Crippen molar-refractivity contribution in [3.05, 3.63) is 340 Å². The Morgan fingerprint density at radius 2 is 0.494 bits per heavy atom. The van der Waals surface area contributed by atoms with E-state index in [4.69, 9.17) is 0 Å². The van der Waals surface area contributed by atoms with Crippen molar-refractivity contribution in [1.82, 2.24) is 0 Å². The fourth-order valence-electron chi connectivity index (χ4n) is 15.5. The van der Waals surface area contributed by atoms with E-state index >= 15 is 0 Å². The van der Waals surface area contributed by atoms with Gasteiger partial charge in [0.1, 0.15) is 0 Å². The van der Waals surface area contributed by atoms with Gasteiger partial charge < -0.3 is 4.90 Å². The van der Waals surface area contributed by atoms with Gasteiger partial charge in [-0.1, -0.05) is 248 Å². The Balaban J connectivity index is 0.969. The van der Waals surface area contributed by atoms with E-state index in [1.807, 2.05) is 35.3 Å². The predicted molar refractivity (Wildman–Crippen MR) is 325 cm³/mol. The lowest BCUT2D eigenvalue weighted by Crippen LogP contribution is -2.32. The topological polar surface area (TPSA) is 3.24 Å². The van der Waals surface area contributed by atoms with Crippen LogP contribution in [-0.4, -0.2) is 0 Å². The molecule has 3 aliphatic heterocycles. The Labute approximate surface area is 472 Å². The van der Waals surface area contributed by atoms with Gasteiger partial charge in [-0.3, -0.25) is 0 Å². The molecule has 0 saturated carbocycles. The Morgan fingerprint density at radius 3 is 0.873 bits per heavy atom. The smallest absolute Gasteiger partial charge is 0.0736 e. The monoisotopic (exact) mass is 1060 g/mol. The molecule has 18 rings (SSSR count). The van der Waals surface area contributed by atoms with Crippen LogP contribution in [0, 0.1) is 0 Å². The summed E-state index contributed by atoms with van der Waals surface area (Å²) in [4.78, 5) is 10.5. The third-order valence-electron chi connectivity index (χ3n) is 18.3. The molecule has 0 amide bonds. The molecule has 3 aliphatic carbocycles. The molecule has 0 unspecified atom stereocenters. The first-order chi connectivity index (χ1) is 39.2. The second kappa shape index (κ2) is 16.3. The normalized spacial score (nSPS) is 15.5. The average molecular weight is 1060 g/mol. The van der Waals surface area contributed by atoms with E-state index in [-0.39, 0.29) is 0 Å². The van der Waals surface area contributed by atoms with E-state index in [0.717, 1.165) is 17.1 Å². The highest BCUT2D eigenvalue weighted by atomic mass is 32.2. The van der Waals surface area contributed by atoms with E-state index in [2.05, 4.69) is 278 Å². The molecule has 0 radical (unpaired) electrons. The summed E-state index contributed by atoms with van der Waals surface area (Å²) < 4.78 is 0. The SMILES string of the molecule is c1ccc2c(c1)Sc1ccccc1C21c2ccccc2-c2cc(N(c3cccc4c3-c3ccccc3C43c4ccccc4Sc4ccccc43)c3cccc4c3-c3ccccc3C43c4ccccc4Sc4ccccc43)ccc21. The Morgan fingerprint density at radius 1 is 0.215 bits per heavy atom. The summed E-state index contributed by atoms with van der Waals surface area (Å²) in [6.45, 7) is 0. The molecule has 6 aliphatic rings. The van der Waals surface area contributed by atoms with Crippen molar-refractivity contribution in [1.29, 1.82) is 0 Å². The van der Waals surface area contributed by atoms with Crippen molar-refractivity contribution in [3.63, 3.8) is 0 Å². The van der Waals surface area contributed by atoms with Crippen molar-refractivity contribution < 1.29 is 0 Å². The quantitative estimate of drug-likeness (QED) is 0.173. The van der Waals surface area contributed by atoms with Gasteiger partial charge in [-0.15, -0.1) is 0 Å². The van der Waals surface area contributed by atoms with Crippen molar-refractivity contribution in [2.45, 2.75) is 45.6 Å². The fraction of sp³-hybridized carbons (Fsp3) is 0.0400. The summed E-state index contributed by atoms with van der Waals surface area (Å²) in [6.07, 6.45) is 0. The first-order valence-corrected chi connectivity index (χ1v) is 29.8. The van der Waals surface area contributed by atoms with Crippen LogP contribution in [0.1, 0.15) is 66.8 Å². The van der Waals surface area contributed by atoms with E-state index in [0.29, 0.717) is 0 Å². The number of nitrogens with zero attached hydrogens (tertiary/aromatic N) is 1. The van der Waals surface area contributed by atoms with Crippen molar-refractivity contribution >= 4 is 52.3 Å². The Bertz CT molecular complexity index is 4310. The molecule has 0 bridgehead atoms. The maximum absolute atomic E-state index is 2.67. The lowest BCUT2D eigenvalue weighted by molar-refractivity contribution is 0.722. The Kier molecular flexibility index (Phi) is 9.17. The Hall–Kier alpha value is -8.51. The van der Waals surface area contributed by atoms with Crippen LogP contribution in [0.5, 0.6) is 0 Å². The largest absolute Gasteiger partial charge is 0.309 e. The van der Waals surface area contributed by atoms with Crippen molar-refractivity contribution in [2.24, 2.45) is 0 Å². The zero-order valence-corrected chi connectivity index (χ0v) is 45.1. The first kappa shape index (κ1) is 44.5. The molecule has 368 valence electrons. The molecular formula is C75H45NS3. The molecule has 0 atom stereocenters. The second-order valence-corrected chi connectivity index (χ2v) is 24.9. The van der Waals surface area contributed by atoms with Crippen molar-refractivity contribution in [3.8, 4) is 33.4 Å². The van der Waals surface area contributed by atoms with Gasteiger partial charge in [-0.05, 0) is 150 Å². The van der Waals surface area contributed by atoms with Gasteiger partial charge in [0.05, 0.1) is 27.6 Å². The van der Waals surface area contributed by atoms with E-state index < -0.39 is 16.2 Å². The lowest BCUT2D eigenvalue weighted by atomic mass is 9.67. The maximum Gasteiger partial charge on any atom is 0.0736 e. The van der Waals surface area contributed by atoms with E-state index in [1.165, 1.54) is 130 Å². The lowest BCUT2D eigenvalue weighted by Gasteiger charge is -2.40. The van der Waals surface area contributed by atoms with Gasteiger partial charge in [0.15, 0.2) is 0 Å². The highest BCUT2D eigenvalue weighted by Crippen LogP contribution is 2.68. The van der Waals surface area contributed by atoms with Gasteiger partial charge in [0.2, 0.25) is 0 Å². The number of anilines is 3. The summed E-state index contributed by atoms with van der Waals surface area (Å²) >= 11 is 5.69. The maximum atomic E-state index is 2.67. The van der Waals surface area contributed by atoms with Gasteiger partial charge in [0.25, 0.3) is 0 Å². The van der Waals surface area contributed by atoms with E-state index in [9.17, 15) is 0 Å². The highest BCUT2D eigenvalue weighted by molar-refractivity contribution is 8.00. The summed E-state index contributed by atoms with van der Waals surface area (Å²) in [5.74, 6) is 0. The zero-order chi connectivity index (χ0) is 51.6. The predicted octanol–water partition coefficient (Wildman–Crippen LogP) is 19.6. The van der Waals surface area contributed by atoms with Crippen LogP contribution in [0.4, 0.5) is 17.1 Å². The second-order valence-electron chi connectivity index (χ2n) is 21.6. The van der Waals surface area contributed by atoms with Crippen molar-refractivity contribution in [2.75, 3.05) is 4.90 Å². The third-order valence-corrected chi connectivity index (χ3v) is 21.7. The molecule has 0 N–H and O–H groups in total. The first-order valence-electron chi connectivity index (χ1n) is 27.3. The van der Waals surface area contributed by atoms with Gasteiger partial charge in [0, 0.05) is 46.2 Å². The molecule has 1 nitrogen and oxygen atoms in total. The van der Waals surface area contributed by atoms with Gasteiger partial charge in [-0.25, -0.2) is 0 Å². The summed E-state index contributed by atoms with van der Waals surface area (Å²) in [6, 6.07) is 105. The minimum Gasteiger partial charge on any atom is -0.309 e. The number of hydrogen-bond acceptors (Lipinski definition) is 4. The molecule has 0 fully saturated rings. The molecule has 0 saturated heterocycles. The number of fused-ring (bicyclic) bond motifs is 27. The van der Waals surface area contributed by atoms with E-state index in [1.54, 1.807) is 0 Å². The fourth-order valence-corrected chi connectivity index (χ4v) is 19.1. The number of benzene rings is 12. The number of hydrogen-bond donors (Lipinski definition) is 0. The molecule has 12 aromatic rings. The highest BCUT2D eigenvalue weighted by Gasteiger charge is 2.55. The minimum absolute atomic E-state index is 0.494. The third kappa shape index (κ3) is 5.52. The average Bonchev–Trinajstić information content (AvgIpc) is 3.08. The van der Waals surface area contributed by atoms with Gasteiger partial charge >= 0.3 is 0 Å². The summed E-state index contributed by atoms with van der Waals surface area (Å²) in [5, 5.41) is 0. The van der Waals surface area contributed by atoms with Crippen LogP contribution in [0.15, 0.2) is 302 Å². The summed E-state index contributed by atoms with van der Waals surface area (Å²) in [7, 11) is 0. The van der Waals surface area contributed by atoms with Crippen LogP contribution >= 0.6 is 35.3 Å². The van der Waals surface area contributed by atoms with Crippen LogP contribution in [0.25, 0.3) is 33.4 Å². The molecule has 12 aromatic carbocycles. The van der Waals surface area contributed by atoms with Crippen LogP contribution in [-0.2, 0) is 16.2 Å². The molecular weight excluding hydrogens is 1010 g/mol. The molecule has 0 aromatic heterocycles.